The molecule has 11 nitrogen and oxygen atoms in total. The highest BCUT2D eigenvalue weighted by Gasteiger charge is 2.60. The number of hydrogen-bond donors (Lipinski definition) is 0. The van der Waals surface area contributed by atoms with Crippen molar-refractivity contribution in [3.8, 4) is 0 Å². The molecule has 4 aliphatic carbocycles. The van der Waals surface area contributed by atoms with Crippen LogP contribution in [0.4, 0.5) is 0 Å². The first kappa shape index (κ1) is 64.5. The lowest BCUT2D eigenvalue weighted by atomic mass is 9.51. The number of esters is 3. The van der Waals surface area contributed by atoms with E-state index in [0.717, 1.165) is 174 Å². The number of allylic oxidation sites excluding steroid dienone is 8. The van der Waals surface area contributed by atoms with Gasteiger partial charge in [0.15, 0.2) is 12.6 Å². The van der Waals surface area contributed by atoms with Crippen molar-refractivity contribution >= 4 is 17.9 Å². The average molecular weight is 1030 g/mol. The van der Waals surface area contributed by atoms with Gasteiger partial charge in [-0.3, -0.25) is 14.4 Å². The molecule has 0 amide bonds. The van der Waals surface area contributed by atoms with Crippen LogP contribution in [0.1, 0.15) is 228 Å². The van der Waals surface area contributed by atoms with E-state index in [1.807, 2.05) is 0 Å². The monoisotopic (exact) mass is 1030 g/mol. The zero-order valence-corrected chi connectivity index (χ0v) is 47.5. The Hall–Kier alpha value is -2.83. The Morgan fingerprint density at radius 3 is 1.15 bits per heavy atom. The smallest absolute Gasteiger partial charge is 0.305 e. The first-order valence-electron chi connectivity index (χ1n) is 29.8. The minimum absolute atomic E-state index is 0.135. The van der Waals surface area contributed by atoms with Crippen LogP contribution in [-0.2, 0) is 47.5 Å². The van der Waals surface area contributed by atoms with Crippen molar-refractivity contribution in [2.75, 3.05) is 65.9 Å². The van der Waals surface area contributed by atoms with Gasteiger partial charge in [-0.05, 0) is 180 Å². The van der Waals surface area contributed by atoms with E-state index in [2.05, 4.69) is 95.1 Å². The molecule has 420 valence electrons. The number of nitrogens with zero attached hydrogens (tertiary/aromatic N) is 1. The Kier molecular flexibility index (Phi) is 34.9. The van der Waals surface area contributed by atoms with E-state index < -0.39 is 12.6 Å². The number of carbonyl (C=O) groups excluding carboxylic acids is 3. The van der Waals surface area contributed by atoms with Crippen LogP contribution in [0.3, 0.4) is 0 Å². The van der Waals surface area contributed by atoms with Gasteiger partial charge in [-0.15, -0.1) is 0 Å². The summed E-state index contributed by atoms with van der Waals surface area (Å²) in [5, 5.41) is 0. The molecular weight excluding hydrogens is 919 g/mol. The second-order valence-electron chi connectivity index (χ2n) is 21.9. The number of ether oxygens (including phenoxy) is 7. The molecule has 0 spiro atoms. The zero-order chi connectivity index (χ0) is 52.7. The zero-order valence-electron chi connectivity index (χ0n) is 47.5. The Morgan fingerprint density at radius 2 is 0.795 bits per heavy atom. The fraction of sp³-hybridized carbons (Fsp3) is 0.823. The molecule has 4 fully saturated rings. The van der Waals surface area contributed by atoms with Crippen LogP contribution in [0.15, 0.2) is 48.6 Å². The van der Waals surface area contributed by atoms with Crippen LogP contribution in [0, 0.1) is 22.2 Å². The highest BCUT2D eigenvalue weighted by molar-refractivity contribution is 5.70. The molecule has 0 aromatic heterocycles. The van der Waals surface area contributed by atoms with Crippen molar-refractivity contribution in [1.29, 1.82) is 0 Å². The summed E-state index contributed by atoms with van der Waals surface area (Å²) < 4.78 is 43.7. The standard InChI is InChI=1S/C62H107NO10/c1-7-13-17-21-25-29-42-67-58(68-43-30-26-22-18-14-8-2)37-35-56(65)72-52-61-40-39-60(51-71-55(64)34-33-41-63(11-5)12-6)46-54(47-61)48-62(49-60,50-61)53-73-57(66)36-38-59(69-44-31-27-23-19-15-9-3)70-45-32-28-24-20-16-10-4/h13-20,54,58-59H,7-12,21-53H2,1-6H3/b17-13-,18-14-,19-15-,20-16-. The third-order valence-electron chi connectivity index (χ3n) is 15.3. The third-order valence-corrected chi connectivity index (χ3v) is 15.3. The van der Waals surface area contributed by atoms with Crippen LogP contribution in [0.5, 0.6) is 0 Å². The largest absolute Gasteiger partial charge is 0.465 e. The second kappa shape index (κ2) is 39.5. The summed E-state index contributed by atoms with van der Waals surface area (Å²) >= 11 is 0. The Morgan fingerprint density at radius 1 is 0.452 bits per heavy atom. The van der Waals surface area contributed by atoms with Crippen LogP contribution in [0.25, 0.3) is 0 Å². The first-order valence-corrected chi connectivity index (χ1v) is 29.8. The van der Waals surface area contributed by atoms with Crippen LogP contribution < -0.4 is 0 Å². The molecule has 73 heavy (non-hydrogen) atoms. The van der Waals surface area contributed by atoms with E-state index >= 15 is 0 Å². The van der Waals surface area contributed by atoms with Crippen molar-refractivity contribution in [1.82, 2.24) is 4.90 Å². The van der Waals surface area contributed by atoms with Gasteiger partial charge in [0.25, 0.3) is 0 Å². The second-order valence-corrected chi connectivity index (χ2v) is 21.9. The van der Waals surface area contributed by atoms with E-state index in [0.29, 0.717) is 71.4 Å². The topological polar surface area (TPSA) is 119 Å². The molecule has 4 rings (SSSR count). The van der Waals surface area contributed by atoms with Gasteiger partial charge in [-0.2, -0.15) is 0 Å². The fourth-order valence-electron chi connectivity index (χ4n) is 11.7. The molecule has 0 aliphatic heterocycles. The fourth-order valence-corrected chi connectivity index (χ4v) is 11.7. The van der Waals surface area contributed by atoms with E-state index in [4.69, 9.17) is 33.2 Å². The van der Waals surface area contributed by atoms with E-state index in [-0.39, 0.29) is 47.0 Å². The van der Waals surface area contributed by atoms with Gasteiger partial charge in [-0.1, -0.05) is 90.2 Å². The highest BCUT2D eigenvalue weighted by atomic mass is 16.7. The first-order chi connectivity index (χ1) is 35.6. The van der Waals surface area contributed by atoms with E-state index in [1.54, 1.807) is 0 Å². The Bertz CT molecular complexity index is 1530. The van der Waals surface area contributed by atoms with Gasteiger partial charge >= 0.3 is 17.9 Å². The lowest BCUT2D eigenvalue weighted by Crippen LogP contribution is -2.50. The van der Waals surface area contributed by atoms with Crippen molar-refractivity contribution in [2.24, 2.45) is 22.2 Å². The molecule has 4 atom stereocenters. The molecular formula is C62H107NO10. The third kappa shape index (κ3) is 28.2. The van der Waals surface area contributed by atoms with Crippen molar-refractivity contribution in [2.45, 2.75) is 240 Å². The van der Waals surface area contributed by atoms with E-state index in [1.165, 1.54) is 0 Å². The lowest BCUT2D eigenvalue weighted by Gasteiger charge is -2.54. The normalized spacial score (nSPS) is 21.8. The maximum Gasteiger partial charge on any atom is 0.305 e. The summed E-state index contributed by atoms with van der Waals surface area (Å²) in [4.78, 5) is 43.0. The minimum Gasteiger partial charge on any atom is -0.465 e. The van der Waals surface area contributed by atoms with Crippen molar-refractivity contribution in [3.05, 3.63) is 48.6 Å². The minimum atomic E-state index is -0.458. The molecule has 0 aromatic carbocycles. The number of carbonyl (C=O) groups is 3. The quantitative estimate of drug-likeness (QED) is 0.0191. The molecule has 4 bridgehead atoms. The van der Waals surface area contributed by atoms with Crippen LogP contribution in [-0.4, -0.2) is 101 Å². The molecule has 4 unspecified atom stereocenters. The Labute approximate surface area is 445 Å². The summed E-state index contributed by atoms with van der Waals surface area (Å²) in [7, 11) is 0. The number of hydrogen-bond acceptors (Lipinski definition) is 11. The predicted molar refractivity (Wildman–Crippen MR) is 296 cm³/mol. The maximum atomic E-state index is 13.7. The summed E-state index contributed by atoms with van der Waals surface area (Å²) in [6.07, 6.45) is 41.9. The van der Waals surface area contributed by atoms with Crippen molar-refractivity contribution < 1.29 is 47.5 Å². The van der Waals surface area contributed by atoms with Crippen LogP contribution >= 0.6 is 0 Å². The van der Waals surface area contributed by atoms with Gasteiger partial charge in [0.1, 0.15) is 0 Å². The number of fused-ring (bicyclic) bond motifs is 1. The van der Waals surface area contributed by atoms with Crippen molar-refractivity contribution in [3.63, 3.8) is 0 Å². The molecule has 0 heterocycles. The predicted octanol–water partition coefficient (Wildman–Crippen LogP) is 14.9. The SMILES string of the molecule is CC/C=C\CCCCOC(CCC(=O)OCC12CCC3(COC(=O)CCCN(CC)CC)CC(C1)CC(COC(=O)CCC(OCCCC/C=C\CC)OCCCC/C=C\CC)(C3)C2)OCCCC/C=C\CC. The molecule has 4 saturated carbocycles. The summed E-state index contributed by atoms with van der Waals surface area (Å²) in [6, 6.07) is 0. The molecule has 0 N–H and O–H groups in total. The number of unbranched alkanes of at least 4 members (excludes halogenated alkanes) is 8. The Balaban J connectivity index is 1.68. The lowest BCUT2D eigenvalue weighted by molar-refractivity contribution is -0.170. The summed E-state index contributed by atoms with van der Waals surface area (Å²) in [6.45, 7) is 19.1. The van der Waals surface area contributed by atoms with E-state index in [9.17, 15) is 14.4 Å². The van der Waals surface area contributed by atoms with Gasteiger partial charge in [0, 0.05) is 61.9 Å². The van der Waals surface area contributed by atoms with Gasteiger partial charge in [0.2, 0.25) is 0 Å². The summed E-state index contributed by atoms with van der Waals surface area (Å²) in [5.74, 6) is -0.249. The van der Waals surface area contributed by atoms with Gasteiger partial charge in [0.05, 0.1) is 32.7 Å². The highest BCUT2D eigenvalue weighted by Crippen LogP contribution is 2.66. The molecule has 0 saturated heterocycles. The molecule has 0 radical (unpaired) electrons. The summed E-state index contributed by atoms with van der Waals surface area (Å²) in [5.41, 5.74) is -0.753. The molecule has 4 aliphatic rings. The molecule has 11 heteroatoms. The number of rotatable bonds is 46. The average Bonchev–Trinajstić information content (AvgIpc) is 3.56. The van der Waals surface area contributed by atoms with Gasteiger partial charge < -0.3 is 38.1 Å². The van der Waals surface area contributed by atoms with Gasteiger partial charge in [-0.25, -0.2) is 0 Å². The maximum absolute atomic E-state index is 13.7. The molecule has 0 aromatic rings. The van der Waals surface area contributed by atoms with Crippen LogP contribution in [0.2, 0.25) is 0 Å².